The lowest BCUT2D eigenvalue weighted by Crippen LogP contribution is -2.74. The summed E-state index contributed by atoms with van der Waals surface area (Å²) in [6.45, 7) is 53.1. The summed E-state index contributed by atoms with van der Waals surface area (Å²) in [7, 11) is 0. The normalized spacial score (nSPS) is 27.1. The number of carbonyl (C=O) groups is 2. The van der Waals surface area contributed by atoms with Gasteiger partial charge in [-0.1, -0.05) is 203 Å². The molecule has 80 heavy (non-hydrogen) atoms. The van der Waals surface area contributed by atoms with Crippen molar-refractivity contribution in [1.29, 1.82) is 0 Å². The molecule has 8 nitrogen and oxygen atoms in total. The van der Waals surface area contributed by atoms with E-state index in [1.807, 2.05) is 0 Å². The molecule has 0 N–H and O–H groups in total. The maximum absolute atomic E-state index is 16.7. The van der Waals surface area contributed by atoms with E-state index in [1.54, 1.807) is 0 Å². The highest BCUT2D eigenvalue weighted by Gasteiger charge is 2.73. The first-order valence-electron chi connectivity index (χ1n) is 29.7. The Kier molecular flexibility index (Phi) is 11.7. The molecule has 2 aliphatic carbocycles. The van der Waals surface area contributed by atoms with E-state index in [9.17, 15) is 0 Å². The minimum absolute atomic E-state index is 0.135. The fourth-order valence-corrected chi connectivity index (χ4v) is 13.9. The molecule has 2 spiro atoms. The van der Waals surface area contributed by atoms with E-state index in [0.29, 0.717) is 45.6 Å². The molecule has 8 heteroatoms. The van der Waals surface area contributed by atoms with Gasteiger partial charge in [-0.05, 0) is 101 Å². The summed E-state index contributed by atoms with van der Waals surface area (Å²) in [5.41, 5.74) is 2.46. The number of benzene rings is 4. The topological polar surface area (TPSA) is 89.5 Å². The van der Waals surface area contributed by atoms with E-state index in [0.717, 1.165) is 55.6 Å². The Balaban J connectivity index is 1.24. The Morgan fingerprint density at radius 1 is 0.362 bits per heavy atom. The largest absolute Gasteiger partial charge is 0.477 e. The Morgan fingerprint density at radius 2 is 0.662 bits per heavy atom. The molecule has 5 aliphatic heterocycles. The third kappa shape index (κ3) is 8.21. The summed E-state index contributed by atoms with van der Waals surface area (Å²) in [5.74, 6) is 3.56. The van der Waals surface area contributed by atoms with Crippen molar-refractivity contribution in [3.8, 4) is 34.5 Å². The molecule has 0 saturated heterocycles. The molecule has 11 rings (SSSR count). The molecular formula is C72H92O8. The minimum Gasteiger partial charge on any atom is -0.477 e. The monoisotopic (exact) mass is 1080 g/mol. The Labute approximate surface area is 479 Å². The van der Waals surface area contributed by atoms with Crippen molar-refractivity contribution in [2.45, 2.75) is 259 Å². The SMILES string of the molecule is CC(C)(C)c1cc2c3c(c1)C[C@]1(O3)C(=O)C(=CC3(C(C)(C)C)Oc4c(cc(C(C)(C)C)cc4C(C)(C)C)OC31)Cc1cc(C(C)(C)C)cc3c1O[C@]1(C3)C(=O)C(=CC3(C(C)(C)C)Oc4c(cc(C(C)(C)C)cc4C(C)(C)C)OC31)C2. The molecule has 428 valence electrons. The van der Waals surface area contributed by atoms with Gasteiger partial charge in [-0.25, -0.2) is 0 Å². The number of carbonyl (C=O) groups excluding carboxylic acids is 2. The van der Waals surface area contributed by atoms with E-state index in [-0.39, 0.29) is 69.7 Å². The fraction of sp³-hybridized carbons (Fsp3) is 0.583. The maximum Gasteiger partial charge on any atom is 0.216 e. The number of rotatable bonds is 0. The quantitative estimate of drug-likeness (QED) is 0.172. The van der Waals surface area contributed by atoms with E-state index in [2.05, 4.69) is 227 Å². The van der Waals surface area contributed by atoms with Crippen LogP contribution in [0.25, 0.3) is 0 Å². The minimum atomic E-state index is -1.58. The van der Waals surface area contributed by atoms with Gasteiger partial charge in [0.1, 0.15) is 11.5 Å². The first-order valence-corrected chi connectivity index (χ1v) is 29.7. The third-order valence-electron chi connectivity index (χ3n) is 19.0. The van der Waals surface area contributed by atoms with Crippen LogP contribution in [-0.4, -0.2) is 46.2 Å². The van der Waals surface area contributed by atoms with Crippen molar-refractivity contribution in [3.05, 3.63) is 127 Å². The van der Waals surface area contributed by atoms with Gasteiger partial charge in [0.15, 0.2) is 46.4 Å². The van der Waals surface area contributed by atoms with Gasteiger partial charge in [-0.15, -0.1) is 0 Å². The molecule has 4 aromatic rings. The summed E-state index contributed by atoms with van der Waals surface area (Å²) < 4.78 is 46.6. The van der Waals surface area contributed by atoms with Gasteiger partial charge in [-0.3, -0.25) is 9.59 Å². The van der Waals surface area contributed by atoms with Gasteiger partial charge in [-0.2, -0.15) is 0 Å². The lowest BCUT2D eigenvalue weighted by atomic mass is 9.60. The average molecular weight is 1090 g/mol. The maximum atomic E-state index is 16.7. The first kappa shape index (κ1) is 56.4. The van der Waals surface area contributed by atoms with Crippen molar-refractivity contribution in [3.63, 3.8) is 0 Å². The Morgan fingerprint density at radius 3 is 0.950 bits per heavy atom. The molecule has 4 aromatic carbocycles. The molecule has 0 saturated carbocycles. The summed E-state index contributed by atoms with van der Waals surface area (Å²) in [4.78, 5) is 33.4. The summed E-state index contributed by atoms with van der Waals surface area (Å²) in [5, 5.41) is 0. The predicted octanol–water partition coefficient (Wildman–Crippen LogP) is 15.9. The average Bonchev–Trinajstić information content (AvgIpc) is 3.89. The number of ether oxygens (including phenoxy) is 6. The lowest BCUT2D eigenvalue weighted by molar-refractivity contribution is -0.181. The van der Waals surface area contributed by atoms with Crippen LogP contribution in [0.15, 0.2) is 71.8 Å². The van der Waals surface area contributed by atoms with Gasteiger partial charge in [0.25, 0.3) is 0 Å². The van der Waals surface area contributed by atoms with Crippen LogP contribution >= 0.6 is 0 Å². The molecule has 6 bridgehead atoms. The zero-order chi connectivity index (χ0) is 58.8. The molecule has 0 fully saturated rings. The van der Waals surface area contributed by atoms with Crippen molar-refractivity contribution in [2.24, 2.45) is 10.8 Å². The van der Waals surface area contributed by atoms with Crippen LogP contribution in [0.5, 0.6) is 34.5 Å². The van der Waals surface area contributed by atoms with E-state index in [4.69, 9.17) is 28.4 Å². The number of hydrogen-bond acceptors (Lipinski definition) is 8. The number of ketones is 2. The molecular weight excluding hydrogens is 993 g/mol. The second-order valence-electron chi connectivity index (χ2n) is 33.4. The van der Waals surface area contributed by atoms with E-state index in [1.165, 1.54) is 0 Å². The highest BCUT2D eigenvalue weighted by Crippen LogP contribution is 2.63. The lowest BCUT2D eigenvalue weighted by Gasteiger charge is -2.57. The van der Waals surface area contributed by atoms with Gasteiger partial charge in [0, 0.05) is 58.8 Å². The highest BCUT2D eigenvalue weighted by molar-refractivity contribution is 6.07. The van der Waals surface area contributed by atoms with Crippen molar-refractivity contribution in [2.75, 3.05) is 0 Å². The van der Waals surface area contributed by atoms with Crippen molar-refractivity contribution >= 4 is 11.6 Å². The van der Waals surface area contributed by atoms with Crippen LogP contribution in [0.2, 0.25) is 0 Å². The first-order chi connectivity index (χ1) is 36.3. The van der Waals surface area contributed by atoms with Crippen LogP contribution in [-0.2, 0) is 67.8 Å². The van der Waals surface area contributed by atoms with Gasteiger partial charge >= 0.3 is 0 Å². The molecule has 0 amide bonds. The summed E-state index contributed by atoms with van der Waals surface area (Å²) in [6, 6.07) is 17.7. The molecule has 0 radical (unpaired) electrons. The van der Waals surface area contributed by atoms with Crippen LogP contribution in [0.4, 0.5) is 0 Å². The van der Waals surface area contributed by atoms with Crippen LogP contribution in [0, 0.1) is 10.8 Å². The van der Waals surface area contributed by atoms with Crippen LogP contribution in [0.3, 0.4) is 0 Å². The molecule has 6 atom stereocenters. The molecule has 7 aliphatic rings. The Bertz CT molecular complexity index is 3190. The molecule has 5 heterocycles. The molecule has 0 aromatic heterocycles. The second kappa shape index (κ2) is 16.6. The van der Waals surface area contributed by atoms with Gasteiger partial charge < -0.3 is 28.4 Å². The fourth-order valence-electron chi connectivity index (χ4n) is 13.9. The zero-order valence-electron chi connectivity index (χ0n) is 53.0. The van der Waals surface area contributed by atoms with Gasteiger partial charge in [0.05, 0.1) is 0 Å². The highest BCUT2D eigenvalue weighted by atomic mass is 16.6. The number of hydrogen-bond donors (Lipinski definition) is 0. The standard InChI is InChI=1S/C72H92O8/c1-61(2,3)45-27-39-25-43-37-71(67(19,20)21)60(76-52-34-48(64(10,11)12)32-50(56(52)79-71)66(16,17)18)70(57(43)73)36-42-30-46(62(4,5)6)28-40(54(42)78-70)26-44-38-72(68(22,23)24)59(69(58(44)74)35-41(29-45)53(39)77-69)75-51-33-47(63(7,8)9)31-49(55(51)80-72)65(13,14)15/h27-34,37-38,59-60H,25-26,35-36H2,1-24H3/t59?,60?,69-,70+,71?,72?. The van der Waals surface area contributed by atoms with E-state index < -0.39 is 45.4 Å². The predicted molar refractivity (Wildman–Crippen MR) is 320 cm³/mol. The van der Waals surface area contributed by atoms with Crippen molar-refractivity contribution < 1.29 is 38.0 Å². The van der Waals surface area contributed by atoms with Crippen LogP contribution < -0.4 is 28.4 Å². The second-order valence-corrected chi connectivity index (χ2v) is 33.4. The summed E-state index contributed by atoms with van der Waals surface area (Å²) in [6.07, 6.45) is 3.21. The van der Waals surface area contributed by atoms with Crippen molar-refractivity contribution in [1.82, 2.24) is 0 Å². The smallest absolute Gasteiger partial charge is 0.216 e. The van der Waals surface area contributed by atoms with E-state index >= 15 is 9.59 Å². The molecule has 4 unspecified atom stereocenters. The Hall–Kier alpha value is -5.50. The zero-order valence-corrected chi connectivity index (χ0v) is 53.0. The number of Topliss-reactive ketones (excluding diaryl/α,β-unsaturated/α-hetero) is 2. The third-order valence-corrected chi connectivity index (χ3v) is 19.0. The number of fused-ring (bicyclic) bond motifs is 6. The summed E-state index contributed by atoms with van der Waals surface area (Å²) >= 11 is 0. The van der Waals surface area contributed by atoms with Crippen LogP contribution in [0.1, 0.15) is 222 Å². The van der Waals surface area contributed by atoms with Gasteiger partial charge in [0.2, 0.25) is 22.8 Å².